The van der Waals surface area contributed by atoms with Crippen LogP contribution in [0.3, 0.4) is 0 Å². The molecule has 92 valence electrons. The van der Waals surface area contributed by atoms with Crippen molar-refractivity contribution in [3.05, 3.63) is 0 Å². The standard InChI is InChI=1S/C12H22N2OS/c1-7(2)9-10(15)14-11(16-9)13-8(3)12(4,5)6/h7-9H,1-6H3,(H,13,14,15). The van der Waals surface area contributed by atoms with E-state index in [1.165, 1.54) is 0 Å². The van der Waals surface area contributed by atoms with E-state index in [4.69, 9.17) is 0 Å². The second kappa shape index (κ2) is 4.78. The summed E-state index contributed by atoms with van der Waals surface area (Å²) in [6, 6.07) is 0.209. The predicted octanol–water partition coefficient (Wildman–Crippen LogP) is 2.66. The topological polar surface area (TPSA) is 41.5 Å². The first-order chi connectivity index (χ1) is 7.21. The molecule has 16 heavy (non-hydrogen) atoms. The molecular formula is C12H22N2OS. The van der Waals surface area contributed by atoms with E-state index in [9.17, 15) is 4.79 Å². The molecule has 0 spiro atoms. The van der Waals surface area contributed by atoms with Gasteiger partial charge in [0.15, 0.2) is 5.17 Å². The third-order valence-corrected chi connectivity index (χ3v) is 4.34. The smallest absolute Gasteiger partial charge is 0.239 e. The number of hydrogen-bond acceptors (Lipinski definition) is 3. The SMILES string of the molecule is CC(C)C1SC(=NC(C)C(C)(C)C)NC1=O. The van der Waals surface area contributed by atoms with Crippen LogP contribution in [0, 0.1) is 11.3 Å². The summed E-state index contributed by atoms with van der Waals surface area (Å²) in [6.45, 7) is 12.7. The van der Waals surface area contributed by atoms with Crippen LogP contribution in [0.5, 0.6) is 0 Å². The summed E-state index contributed by atoms with van der Waals surface area (Å²) in [7, 11) is 0. The fourth-order valence-corrected chi connectivity index (χ4v) is 2.31. The molecule has 3 nitrogen and oxygen atoms in total. The summed E-state index contributed by atoms with van der Waals surface area (Å²) in [4.78, 5) is 16.2. The minimum Gasteiger partial charge on any atom is -0.304 e. The second-order valence-corrected chi connectivity index (χ2v) is 6.88. The Morgan fingerprint density at radius 3 is 2.25 bits per heavy atom. The summed E-state index contributed by atoms with van der Waals surface area (Å²) in [5.41, 5.74) is 0.133. The third kappa shape index (κ3) is 3.24. The Kier molecular flexibility index (Phi) is 4.05. The lowest BCUT2D eigenvalue weighted by Gasteiger charge is -2.23. The van der Waals surface area contributed by atoms with Crippen LogP contribution < -0.4 is 5.32 Å². The Morgan fingerprint density at radius 1 is 1.31 bits per heavy atom. The number of carbonyl (C=O) groups is 1. The van der Waals surface area contributed by atoms with Crippen LogP contribution in [0.2, 0.25) is 0 Å². The monoisotopic (exact) mass is 242 g/mol. The van der Waals surface area contributed by atoms with Crippen molar-refractivity contribution < 1.29 is 4.79 Å². The van der Waals surface area contributed by atoms with E-state index in [1.807, 2.05) is 0 Å². The highest BCUT2D eigenvalue weighted by Crippen LogP contribution is 2.28. The molecule has 1 fully saturated rings. The second-order valence-electron chi connectivity index (χ2n) is 5.75. The van der Waals surface area contributed by atoms with E-state index < -0.39 is 0 Å². The third-order valence-electron chi connectivity index (χ3n) is 2.90. The zero-order chi connectivity index (χ0) is 12.5. The molecule has 1 rings (SSSR count). The first-order valence-electron chi connectivity index (χ1n) is 5.77. The first kappa shape index (κ1) is 13.6. The normalized spacial score (nSPS) is 26.3. The van der Waals surface area contributed by atoms with Gasteiger partial charge < -0.3 is 5.32 Å². The number of rotatable bonds is 2. The van der Waals surface area contributed by atoms with Crippen LogP contribution in [-0.4, -0.2) is 22.4 Å². The highest BCUT2D eigenvalue weighted by molar-refractivity contribution is 8.15. The van der Waals surface area contributed by atoms with Crippen LogP contribution in [-0.2, 0) is 4.79 Å². The van der Waals surface area contributed by atoms with Crippen LogP contribution in [0.15, 0.2) is 4.99 Å². The van der Waals surface area contributed by atoms with Crippen molar-refractivity contribution in [2.75, 3.05) is 0 Å². The number of amides is 1. The molecule has 0 bridgehead atoms. The van der Waals surface area contributed by atoms with E-state index in [-0.39, 0.29) is 22.6 Å². The largest absolute Gasteiger partial charge is 0.304 e. The van der Waals surface area contributed by atoms with Gasteiger partial charge in [-0.1, -0.05) is 46.4 Å². The number of thioether (sulfide) groups is 1. The van der Waals surface area contributed by atoms with Crippen molar-refractivity contribution in [1.82, 2.24) is 5.32 Å². The van der Waals surface area contributed by atoms with Crippen molar-refractivity contribution in [1.29, 1.82) is 0 Å². The molecule has 0 aliphatic carbocycles. The van der Waals surface area contributed by atoms with Gasteiger partial charge in [-0.25, -0.2) is 0 Å². The average Bonchev–Trinajstić information content (AvgIpc) is 2.45. The first-order valence-corrected chi connectivity index (χ1v) is 6.65. The molecule has 1 heterocycles. The molecule has 1 N–H and O–H groups in total. The molecule has 1 aliphatic rings. The summed E-state index contributed by atoms with van der Waals surface area (Å²) in [5, 5.41) is 3.67. The van der Waals surface area contributed by atoms with Gasteiger partial charge in [-0.05, 0) is 18.3 Å². The number of amidine groups is 1. The fourth-order valence-electron chi connectivity index (χ4n) is 1.25. The van der Waals surface area contributed by atoms with Crippen molar-refractivity contribution in [3.63, 3.8) is 0 Å². The molecule has 2 unspecified atom stereocenters. The maximum absolute atomic E-state index is 11.6. The lowest BCUT2D eigenvalue weighted by Crippen LogP contribution is -2.29. The molecule has 0 saturated carbocycles. The quantitative estimate of drug-likeness (QED) is 0.809. The maximum Gasteiger partial charge on any atom is 0.239 e. The van der Waals surface area contributed by atoms with Crippen LogP contribution in [0.1, 0.15) is 41.5 Å². The maximum atomic E-state index is 11.6. The number of hydrogen-bond donors (Lipinski definition) is 1. The van der Waals surface area contributed by atoms with Crippen molar-refractivity contribution >= 4 is 22.8 Å². The van der Waals surface area contributed by atoms with Crippen LogP contribution in [0.4, 0.5) is 0 Å². The minimum absolute atomic E-state index is 0.0194. The summed E-state index contributed by atoms with van der Waals surface area (Å²) < 4.78 is 0. The summed E-state index contributed by atoms with van der Waals surface area (Å²) in [5.74, 6) is 0.447. The minimum atomic E-state index is 0.0194. The number of aliphatic imine (C=N–C) groups is 1. The highest BCUT2D eigenvalue weighted by Gasteiger charge is 2.33. The zero-order valence-corrected chi connectivity index (χ0v) is 11.8. The van der Waals surface area contributed by atoms with Crippen molar-refractivity contribution in [3.8, 4) is 0 Å². The lowest BCUT2D eigenvalue weighted by molar-refractivity contribution is -0.119. The van der Waals surface area contributed by atoms with E-state index in [0.29, 0.717) is 5.92 Å². The van der Waals surface area contributed by atoms with Gasteiger partial charge in [0.05, 0.1) is 11.3 Å². The molecule has 1 amide bonds. The molecule has 0 radical (unpaired) electrons. The van der Waals surface area contributed by atoms with Gasteiger partial charge in [0, 0.05) is 0 Å². The Hall–Kier alpha value is -0.510. The van der Waals surface area contributed by atoms with Gasteiger partial charge >= 0.3 is 0 Å². The molecule has 1 saturated heterocycles. The molecule has 0 aromatic rings. The Labute approximate surface area is 102 Å². The Bertz CT molecular complexity index is 305. The number of nitrogens with zero attached hydrogens (tertiary/aromatic N) is 1. The summed E-state index contributed by atoms with van der Waals surface area (Å²) in [6.07, 6.45) is 0. The Morgan fingerprint density at radius 2 is 1.88 bits per heavy atom. The highest BCUT2D eigenvalue weighted by atomic mass is 32.2. The summed E-state index contributed by atoms with van der Waals surface area (Å²) >= 11 is 1.56. The number of carbonyl (C=O) groups excluding carboxylic acids is 1. The van der Waals surface area contributed by atoms with Crippen molar-refractivity contribution in [2.24, 2.45) is 16.3 Å². The molecule has 0 aromatic carbocycles. The predicted molar refractivity (Wildman–Crippen MR) is 70.7 cm³/mol. The van der Waals surface area contributed by atoms with Gasteiger partial charge in [0.25, 0.3) is 0 Å². The van der Waals surface area contributed by atoms with Gasteiger partial charge in [0.2, 0.25) is 5.91 Å². The van der Waals surface area contributed by atoms with E-state index in [1.54, 1.807) is 11.8 Å². The fraction of sp³-hybridized carbons (Fsp3) is 0.833. The van der Waals surface area contributed by atoms with E-state index in [2.05, 4.69) is 51.9 Å². The average molecular weight is 242 g/mol. The number of nitrogens with one attached hydrogen (secondary N) is 1. The van der Waals surface area contributed by atoms with Crippen molar-refractivity contribution in [2.45, 2.75) is 52.8 Å². The van der Waals surface area contributed by atoms with E-state index in [0.717, 1.165) is 5.17 Å². The lowest BCUT2D eigenvalue weighted by atomic mass is 9.89. The van der Waals surface area contributed by atoms with Gasteiger partial charge in [-0.15, -0.1) is 0 Å². The molecule has 1 aliphatic heterocycles. The van der Waals surface area contributed by atoms with Gasteiger partial charge in [-0.3, -0.25) is 9.79 Å². The van der Waals surface area contributed by atoms with Crippen LogP contribution >= 0.6 is 11.8 Å². The van der Waals surface area contributed by atoms with Gasteiger partial charge in [0.1, 0.15) is 0 Å². The molecule has 0 aromatic heterocycles. The van der Waals surface area contributed by atoms with Crippen LogP contribution in [0.25, 0.3) is 0 Å². The molecule has 4 heteroatoms. The Balaban J connectivity index is 2.72. The van der Waals surface area contributed by atoms with Gasteiger partial charge in [-0.2, -0.15) is 0 Å². The zero-order valence-electron chi connectivity index (χ0n) is 11.0. The molecular weight excluding hydrogens is 220 g/mol. The van der Waals surface area contributed by atoms with E-state index >= 15 is 0 Å². The molecule has 2 atom stereocenters.